The number of thioether (sulfide) groups is 1. The molecule has 3 rings (SSSR count). The van der Waals surface area contributed by atoms with Gasteiger partial charge in [-0.05, 0) is 48.9 Å². The SMILES string of the molecule is Cc1ccccc1C(=O)Nc1cccc(SCC(=O)Nc2ccccn2)c1. The first-order chi connectivity index (χ1) is 13.1. The summed E-state index contributed by atoms with van der Waals surface area (Å²) in [6.45, 7) is 1.90. The number of aromatic nitrogens is 1. The largest absolute Gasteiger partial charge is 0.322 e. The molecule has 6 heteroatoms. The van der Waals surface area contributed by atoms with Crippen LogP contribution in [0.25, 0.3) is 0 Å². The summed E-state index contributed by atoms with van der Waals surface area (Å²) in [7, 11) is 0. The van der Waals surface area contributed by atoms with Crippen molar-refractivity contribution in [1.82, 2.24) is 4.98 Å². The van der Waals surface area contributed by atoms with Crippen LogP contribution >= 0.6 is 11.8 Å². The standard InChI is InChI=1S/C21H19N3O2S/c1-15-7-2-3-10-18(15)21(26)23-16-8-6-9-17(13-16)27-14-20(25)24-19-11-4-5-12-22-19/h2-13H,14H2,1H3,(H,23,26)(H,22,24,25). The molecule has 0 spiro atoms. The van der Waals surface area contributed by atoms with Crippen molar-refractivity contribution in [2.24, 2.45) is 0 Å². The summed E-state index contributed by atoms with van der Waals surface area (Å²) in [6, 6.07) is 20.2. The topological polar surface area (TPSA) is 71.1 Å². The molecule has 5 nitrogen and oxygen atoms in total. The number of benzene rings is 2. The maximum Gasteiger partial charge on any atom is 0.255 e. The van der Waals surface area contributed by atoms with Gasteiger partial charge in [-0.15, -0.1) is 11.8 Å². The predicted molar refractivity (Wildman–Crippen MR) is 109 cm³/mol. The number of anilines is 2. The third-order valence-electron chi connectivity index (χ3n) is 3.78. The van der Waals surface area contributed by atoms with Crippen molar-refractivity contribution in [3.05, 3.63) is 84.1 Å². The second-order valence-corrected chi connectivity index (χ2v) is 6.90. The molecular weight excluding hydrogens is 358 g/mol. The van der Waals surface area contributed by atoms with E-state index < -0.39 is 0 Å². The van der Waals surface area contributed by atoms with E-state index in [-0.39, 0.29) is 17.6 Å². The number of nitrogens with one attached hydrogen (secondary N) is 2. The van der Waals surface area contributed by atoms with Gasteiger partial charge in [0.25, 0.3) is 5.91 Å². The Morgan fingerprint density at radius 3 is 2.56 bits per heavy atom. The van der Waals surface area contributed by atoms with E-state index in [0.717, 1.165) is 10.5 Å². The van der Waals surface area contributed by atoms with Gasteiger partial charge < -0.3 is 10.6 Å². The predicted octanol–water partition coefficient (Wildman–Crippen LogP) is 4.37. The lowest BCUT2D eigenvalue weighted by Gasteiger charge is -2.09. The third kappa shape index (κ3) is 5.43. The molecule has 1 aromatic heterocycles. The fraction of sp³-hybridized carbons (Fsp3) is 0.0952. The number of nitrogens with zero attached hydrogens (tertiary/aromatic N) is 1. The Bertz CT molecular complexity index is 945. The van der Waals surface area contributed by atoms with Crippen LogP contribution in [0, 0.1) is 6.92 Å². The third-order valence-corrected chi connectivity index (χ3v) is 4.78. The summed E-state index contributed by atoms with van der Waals surface area (Å²) >= 11 is 1.40. The minimum atomic E-state index is -0.150. The molecule has 0 radical (unpaired) electrons. The van der Waals surface area contributed by atoms with E-state index in [0.29, 0.717) is 17.1 Å². The zero-order chi connectivity index (χ0) is 19.1. The zero-order valence-corrected chi connectivity index (χ0v) is 15.6. The van der Waals surface area contributed by atoms with Crippen LogP contribution in [0.3, 0.4) is 0 Å². The van der Waals surface area contributed by atoms with Gasteiger partial charge in [-0.1, -0.05) is 30.3 Å². The Kier molecular flexibility index (Phi) is 6.22. The van der Waals surface area contributed by atoms with Gasteiger partial charge in [-0.25, -0.2) is 4.98 Å². The highest BCUT2D eigenvalue weighted by Crippen LogP contribution is 2.22. The number of pyridine rings is 1. The lowest BCUT2D eigenvalue weighted by molar-refractivity contribution is -0.113. The fourth-order valence-corrected chi connectivity index (χ4v) is 3.21. The molecule has 136 valence electrons. The second kappa shape index (κ2) is 9.00. The zero-order valence-electron chi connectivity index (χ0n) is 14.8. The number of hydrogen-bond acceptors (Lipinski definition) is 4. The molecular formula is C21H19N3O2S. The van der Waals surface area contributed by atoms with E-state index in [2.05, 4.69) is 15.6 Å². The van der Waals surface area contributed by atoms with E-state index in [1.165, 1.54) is 11.8 Å². The molecule has 0 fully saturated rings. The summed E-state index contributed by atoms with van der Waals surface area (Å²) < 4.78 is 0. The maximum absolute atomic E-state index is 12.4. The van der Waals surface area contributed by atoms with Gasteiger partial charge >= 0.3 is 0 Å². The molecule has 0 unspecified atom stereocenters. The highest BCUT2D eigenvalue weighted by atomic mass is 32.2. The van der Waals surface area contributed by atoms with Crippen LogP contribution < -0.4 is 10.6 Å². The van der Waals surface area contributed by atoms with E-state index >= 15 is 0 Å². The number of amides is 2. The van der Waals surface area contributed by atoms with Crippen LogP contribution in [0.4, 0.5) is 11.5 Å². The molecule has 2 N–H and O–H groups in total. The van der Waals surface area contributed by atoms with Gasteiger partial charge in [-0.2, -0.15) is 0 Å². The van der Waals surface area contributed by atoms with Gasteiger partial charge in [0.1, 0.15) is 5.82 Å². The number of hydrogen-bond donors (Lipinski definition) is 2. The van der Waals surface area contributed by atoms with Crippen molar-refractivity contribution in [1.29, 1.82) is 0 Å². The quantitative estimate of drug-likeness (QED) is 0.626. The Labute approximate surface area is 162 Å². The smallest absolute Gasteiger partial charge is 0.255 e. The van der Waals surface area contributed by atoms with E-state index in [1.807, 2.05) is 55.5 Å². The number of carbonyl (C=O) groups is 2. The minimum absolute atomic E-state index is 0.131. The van der Waals surface area contributed by atoms with Gasteiger partial charge in [0.05, 0.1) is 5.75 Å². The minimum Gasteiger partial charge on any atom is -0.322 e. The molecule has 2 aromatic carbocycles. The molecule has 3 aromatic rings. The average Bonchev–Trinajstić information content (AvgIpc) is 2.68. The van der Waals surface area contributed by atoms with Crippen molar-refractivity contribution in [2.45, 2.75) is 11.8 Å². The van der Waals surface area contributed by atoms with Crippen molar-refractivity contribution < 1.29 is 9.59 Å². The van der Waals surface area contributed by atoms with Crippen LogP contribution in [0.15, 0.2) is 77.8 Å². The van der Waals surface area contributed by atoms with Crippen LogP contribution in [-0.4, -0.2) is 22.6 Å². The molecule has 1 heterocycles. The number of aryl methyl sites for hydroxylation is 1. The molecule has 0 atom stereocenters. The monoisotopic (exact) mass is 377 g/mol. The number of carbonyl (C=O) groups excluding carboxylic acids is 2. The molecule has 0 aliphatic heterocycles. The first-order valence-electron chi connectivity index (χ1n) is 8.42. The molecule has 0 saturated heterocycles. The van der Waals surface area contributed by atoms with Crippen LogP contribution in [0.2, 0.25) is 0 Å². The lowest BCUT2D eigenvalue weighted by Crippen LogP contribution is -2.15. The summed E-state index contributed by atoms with van der Waals surface area (Å²) in [5.41, 5.74) is 2.26. The highest BCUT2D eigenvalue weighted by Gasteiger charge is 2.09. The maximum atomic E-state index is 12.4. The van der Waals surface area contributed by atoms with Gasteiger partial charge in [0.2, 0.25) is 5.91 Å². The summed E-state index contributed by atoms with van der Waals surface area (Å²) in [5, 5.41) is 5.65. The first kappa shape index (κ1) is 18.7. The van der Waals surface area contributed by atoms with Crippen LogP contribution in [0.1, 0.15) is 15.9 Å². The van der Waals surface area contributed by atoms with Gasteiger partial charge in [-0.3, -0.25) is 9.59 Å². The van der Waals surface area contributed by atoms with Crippen molar-refractivity contribution in [3.8, 4) is 0 Å². The van der Waals surface area contributed by atoms with Crippen LogP contribution in [0.5, 0.6) is 0 Å². The van der Waals surface area contributed by atoms with Crippen molar-refractivity contribution >= 4 is 35.1 Å². The van der Waals surface area contributed by atoms with Crippen molar-refractivity contribution in [2.75, 3.05) is 16.4 Å². The molecule has 2 amide bonds. The molecule has 0 aliphatic rings. The average molecular weight is 377 g/mol. The Hall–Kier alpha value is -3.12. The second-order valence-electron chi connectivity index (χ2n) is 5.85. The Balaban J connectivity index is 1.58. The lowest BCUT2D eigenvalue weighted by atomic mass is 10.1. The summed E-state index contributed by atoms with van der Waals surface area (Å²) in [4.78, 5) is 29.4. The van der Waals surface area contributed by atoms with Gasteiger partial charge in [0, 0.05) is 22.3 Å². The number of rotatable bonds is 6. The van der Waals surface area contributed by atoms with Crippen LogP contribution in [-0.2, 0) is 4.79 Å². The summed E-state index contributed by atoms with van der Waals surface area (Å²) in [6.07, 6.45) is 1.63. The fourth-order valence-electron chi connectivity index (χ4n) is 2.45. The summed E-state index contributed by atoms with van der Waals surface area (Å²) in [5.74, 6) is 0.504. The Morgan fingerprint density at radius 1 is 0.963 bits per heavy atom. The van der Waals surface area contributed by atoms with E-state index in [9.17, 15) is 9.59 Å². The van der Waals surface area contributed by atoms with Crippen molar-refractivity contribution in [3.63, 3.8) is 0 Å². The van der Waals surface area contributed by atoms with E-state index in [1.54, 1.807) is 24.4 Å². The molecule has 0 saturated carbocycles. The molecule has 0 bridgehead atoms. The Morgan fingerprint density at radius 2 is 1.78 bits per heavy atom. The molecule has 0 aliphatic carbocycles. The first-order valence-corrected chi connectivity index (χ1v) is 9.41. The highest BCUT2D eigenvalue weighted by molar-refractivity contribution is 8.00. The normalized spacial score (nSPS) is 10.3. The van der Waals surface area contributed by atoms with Gasteiger partial charge in [0.15, 0.2) is 0 Å². The van der Waals surface area contributed by atoms with E-state index in [4.69, 9.17) is 0 Å². The molecule has 27 heavy (non-hydrogen) atoms.